The summed E-state index contributed by atoms with van der Waals surface area (Å²) in [5.41, 5.74) is 10.5. The van der Waals surface area contributed by atoms with E-state index in [1.165, 1.54) is 33.8 Å². The minimum absolute atomic E-state index is 0.0486. The molecular formula is C40H39N5O. The number of fused-ring (bicyclic) bond motifs is 1. The molecule has 2 aromatic heterocycles. The molecule has 0 atom stereocenters. The summed E-state index contributed by atoms with van der Waals surface area (Å²) in [5, 5.41) is 0. The Labute approximate surface area is 271 Å². The van der Waals surface area contributed by atoms with Crippen molar-refractivity contribution in [1.82, 2.24) is 14.5 Å². The number of hydrogen-bond acceptors (Lipinski definition) is 5. The molecule has 0 aliphatic carbocycles. The predicted octanol–water partition coefficient (Wildman–Crippen LogP) is 10.2. The van der Waals surface area contributed by atoms with Gasteiger partial charge < -0.3 is 14.5 Å². The zero-order chi connectivity index (χ0) is 32.0. The van der Waals surface area contributed by atoms with Gasteiger partial charge in [-0.2, -0.15) is 0 Å². The van der Waals surface area contributed by atoms with Crippen LogP contribution in [0.4, 0.5) is 22.7 Å². The molecule has 0 radical (unpaired) electrons. The first-order valence-corrected chi connectivity index (χ1v) is 15.8. The standard InChI is InChI=1S/C40H39N5O/c1-27-22-28(2)38(29(3)23-27)45-26-44(34-16-7-8-17-35(34)45)31-13-10-15-33(25-31)46-32-14-9-12-30(24-32)39-41-20-21-43(39)37-19-11-18-36(42-37)40(4,5)6/h7-25H,26H2,1-6H3. The minimum Gasteiger partial charge on any atom is -0.457 e. The Kier molecular flexibility index (Phi) is 7.36. The van der Waals surface area contributed by atoms with Gasteiger partial charge in [0.05, 0.1) is 11.4 Å². The molecular weight excluding hydrogens is 566 g/mol. The third-order valence-corrected chi connectivity index (χ3v) is 8.50. The third kappa shape index (κ3) is 5.51. The molecule has 3 heterocycles. The molecule has 230 valence electrons. The van der Waals surface area contributed by atoms with E-state index >= 15 is 0 Å². The van der Waals surface area contributed by atoms with Crippen LogP contribution < -0.4 is 14.5 Å². The van der Waals surface area contributed by atoms with E-state index in [2.05, 4.69) is 124 Å². The maximum absolute atomic E-state index is 6.48. The second-order valence-electron chi connectivity index (χ2n) is 13.1. The van der Waals surface area contributed by atoms with Crippen molar-refractivity contribution in [2.45, 2.75) is 47.0 Å². The van der Waals surface area contributed by atoms with Crippen molar-refractivity contribution in [2.24, 2.45) is 0 Å². The Morgan fingerprint density at radius 1 is 0.696 bits per heavy atom. The Balaban J connectivity index is 1.17. The molecule has 1 aliphatic heterocycles. The molecule has 0 spiro atoms. The lowest BCUT2D eigenvalue weighted by molar-refractivity contribution is 0.483. The van der Waals surface area contributed by atoms with Gasteiger partial charge in [0, 0.05) is 46.5 Å². The molecule has 0 unspecified atom stereocenters. The summed E-state index contributed by atoms with van der Waals surface area (Å²) in [5.74, 6) is 3.18. The summed E-state index contributed by atoms with van der Waals surface area (Å²) in [4.78, 5) is 14.4. The Morgan fingerprint density at radius 3 is 2.11 bits per heavy atom. The van der Waals surface area contributed by atoms with Crippen molar-refractivity contribution >= 4 is 22.7 Å². The molecule has 7 rings (SSSR count). The van der Waals surface area contributed by atoms with E-state index < -0.39 is 0 Å². The first-order chi connectivity index (χ1) is 22.2. The van der Waals surface area contributed by atoms with Gasteiger partial charge in [0.15, 0.2) is 0 Å². The summed E-state index contributed by atoms with van der Waals surface area (Å²) in [6.07, 6.45) is 3.77. The van der Waals surface area contributed by atoms with Crippen LogP contribution in [-0.4, -0.2) is 21.2 Å². The van der Waals surface area contributed by atoms with E-state index in [9.17, 15) is 0 Å². The maximum atomic E-state index is 6.48. The topological polar surface area (TPSA) is 46.4 Å². The SMILES string of the molecule is Cc1cc(C)c(N2CN(c3cccc(Oc4cccc(-c5nccn5-c5cccc(C(C)(C)C)n5)c4)c3)c3ccccc32)c(C)c1. The van der Waals surface area contributed by atoms with E-state index in [4.69, 9.17) is 14.7 Å². The van der Waals surface area contributed by atoms with Gasteiger partial charge in [0.25, 0.3) is 0 Å². The molecule has 0 fully saturated rings. The molecule has 0 bridgehead atoms. The summed E-state index contributed by atoms with van der Waals surface area (Å²) in [6.45, 7) is 13.8. The van der Waals surface area contributed by atoms with Gasteiger partial charge >= 0.3 is 0 Å². The van der Waals surface area contributed by atoms with Crippen LogP contribution in [0.25, 0.3) is 17.2 Å². The molecule has 0 saturated carbocycles. The van der Waals surface area contributed by atoms with E-state index in [1.54, 1.807) is 0 Å². The molecule has 0 saturated heterocycles. The van der Waals surface area contributed by atoms with Crippen LogP contribution >= 0.6 is 0 Å². The van der Waals surface area contributed by atoms with Gasteiger partial charge in [-0.1, -0.05) is 74.9 Å². The highest BCUT2D eigenvalue weighted by Crippen LogP contribution is 2.46. The molecule has 4 aromatic carbocycles. The predicted molar refractivity (Wildman–Crippen MR) is 188 cm³/mol. The first-order valence-electron chi connectivity index (χ1n) is 15.8. The number of hydrogen-bond donors (Lipinski definition) is 0. The minimum atomic E-state index is -0.0486. The van der Waals surface area contributed by atoms with E-state index in [0.29, 0.717) is 0 Å². The average Bonchev–Trinajstić information content (AvgIpc) is 3.67. The van der Waals surface area contributed by atoms with E-state index in [-0.39, 0.29) is 5.41 Å². The van der Waals surface area contributed by atoms with Crippen LogP contribution in [0.1, 0.15) is 43.2 Å². The summed E-state index contributed by atoms with van der Waals surface area (Å²) in [7, 11) is 0. The highest BCUT2D eigenvalue weighted by molar-refractivity contribution is 5.88. The number of nitrogens with zero attached hydrogens (tertiary/aromatic N) is 5. The lowest BCUT2D eigenvalue weighted by atomic mass is 9.92. The number of ether oxygens (including phenoxy) is 1. The lowest BCUT2D eigenvalue weighted by Crippen LogP contribution is -2.25. The second kappa shape index (κ2) is 11.5. The fourth-order valence-electron chi connectivity index (χ4n) is 6.45. The smallest absolute Gasteiger partial charge is 0.145 e. The number of anilines is 4. The van der Waals surface area contributed by atoms with Gasteiger partial charge in [0.1, 0.15) is 29.8 Å². The van der Waals surface area contributed by atoms with Crippen molar-refractivity contribution in [3.05, 3.63) is 138 Å². The quantitative estimate of drug-likeness (QED) is 0.189. The number of aryl methyl sites for hydroxylation is 3. The molecule has 1 aliphatic rings. The maximum Gasteiger partial charge on any atom is 0.145 e. The second-order valence-corrected chi connectivity index (χ2v) is 13.1. The van der Waals surface area contributed by atoms with Crippen molar-refractivity contribution < 1.29 is 4.74 Å². The number of imidazole rings is 1. The van der Waals surface area contributed by atoms with Crippen molar-refractivity contribution in [1.29, 1.82) is 0 Å². The van der Waals surface area contributed by atoms with Crippen LogP contribution in [-0.2, 0) is 5.41 Å². The zero-order valence-electron chi connectivity index (χ0n) is 27.3. The fraction of sp³-hybridized carbons (Fsp3) is 0.200. The first kappa shape index (κ1) is 29.4. The normalized spacial score (nSPS) is 12.8. The summed E-state index contributed by atoms with van der Waals surface area (Å²) in [6, 6.07) is 35.7. The number of aromatic nitrogens is 3. The van der Waals surface area contributed by atoms with Crippen molar-refractivity contribution in [3.8, 4) is 28.7 Å². The Bertz CT molecular complexity index is 2030. The zero-order valence-corrected chi connectivity index (χ0v) is 27.3. The monoisotopic (exact) mass is 605 g/mol. The van der Waals surface area contributed by atoms with Gasteiger partial charge in [0.2, 0.25) is 0 Å². The van der Waals surface area contributed by atoms with Gasteiger partial charge in [-0.15, -0.1) is 0 Å². The van der Waals surface area contributed by atoms with Gasteiger partial charge in [-0.05, 0) is 80.4 Å². The van der Waals surface area contributed by atoms with E-state index in [0.717, 1.165) is 46.8 Å². The molecule has 6 aromatic rings. The Hall–Kier alpha value is -5.36. The molecule has 0 amide bonds. The molecule has 0 N–H and O–H groups in total. The highest BCUT2D eigenvalue weighted by atomic mass is 16.5. The van der Waals surface area contributed by atoms with Crippen LogP contribution in [0.15, 0.2) is 116 Å². The third-order valence-electron chi connectivity index (χ3n) is 8.50. The van der Waals surface area contributed by atoms with Crippen molar-refractivity contribution in [2.75, 3.05) is 16.5 Å². The number of benzene rings is 4. The van der Waals surface area contributed by atoms with Crippen LogP contribution in [0.2, 0.25) is 0 Å². The molecule has 6 heteroatoms. The fourth-order valence-corrected chi connectivity index (χ4v) is 6.45. The van der Waals surface area contributed by atoms with Crippen molar-refractivity contribution in [3.63, 3.8) is 0 Å². The highest BCUT2D eigenvalue weighted by Gasteiger charge is 2.29. The van der Waals surface area contributed by atoms with Gasteiger partial charge in [-0.25, -0.2) is 9.97 Å². The van der Waals surface area contributed by atoms with Crippen LogP contribution in [0, 0.1) is 20.8 Å². The van der Waals surface area contributed by atoms with Crippen LogP contribution in [0.3, 0.4) is 0 Å². The average molecular weight is 606 g/mol. The Morgan fingerprint density at radius 2 is 1.37 bits per heavy atom. The summed E-state index contributed by atoms with van der Waals surface area (Å²) < 4.78 is 8.52. The molecule has 46 heavy (non-hydrogen) atoms. The van der Waals surface area contributed by atoms with Crippen LogP contribution in [0.5, 0.6) is 11.5 Å². The molecule has 6 nitrogen and oxygen atoms in total. The van der Waals surface area contributed by atoms with Gasteiger partial charge in [-0.3, -0.25) is 4.57 Å². The lowest BCUT2D eigenvalue weighted by Gasteiger charge is -2.25. The number of pyridine rings is 1. The largest absolute Gasteiger partial charge is 0.457 e. The number of para-hydroxylation sites is 2. The number of rotatable bonds is 6. The van der Waals surface area contributed by atoms with E-state index in [1.807, 2.05) is 47.3 Å². The summed E-state index contributed by atoms with van der Waals surface area (Å²) >= 11 is 0.